The molecular formula is C22H24BF2N5O6S. The van der Waals surface area contributed by atoms with Crippen LogP contribution in [0.1, 0.15) is 29.3 Å². The number of nitrogen functional groups attached to an aromatic ring is 1. The zero-order chi connectivity index (χ0) is 26.9. The molecule has 11 nitrogen and oxygen atoms in total. The number of piperazine rings is 1. The summed E-state index contributed by atoms with van der Waals surface area (Å²) in [6.07, 6.45) is -2.68. The summed E-state index contributed by atoms with van der Waals surface area (Å²) in [6, 6.07) is 3.13. The number of aryl methyl sites for hydroxylation is 1. The number of urea groups is 1. The van der Waals surface area contributed by atoms with Crippen molar-refractivity contribution in [3.05, 3.63) is 40.4 Å². The summed E-state index contributed by atoms with van der Waals surface area (Å²) in [6.45, 7) is 0.325. The lowest BCUT2D eigenvalue weighted by molar-refractivity contribution is -0.155. The van der Waals surface area contributed by atoms with Crippen LogP contribution in [0.4, 0.5) is 18.7 Å². The smallest absolute Gasteiger partial charge is 0.526 e. The van der Waals surface area contributed by atoms with Crippen LogP contribution in [0.2, 0.25) is 5.82 Å². The monoisotopic (exact) mass is 535 g/mol. The number of amides is 4. The van der Waals surface area contributed by atoms with Crippen molar-refractivity contribution in [3.8, 4) is 5.75 Å². The van der Waals surface area contributed by atoms with Gasteiger partial charge < -0.3 is 25.6 Å². The van der Waals surface area contributed by atoms with E-state index in [1.807, 2.05) is 25.1 Å². The van der Waals surface area contributed by atoms with Crippen molar-refractivity contribution in [2.24, 2.45) is 0 Å². The van der Waals surface area contributed by atoms with Gasteiger partial charge in [-0.2, -0.15) is 0 Å². The quantitative estimate of drug-likeness (QED) is 0.353. The largest absolute Gasteiger partial charge is 0.536 e. The van der Waals surface area contributed by atoms with Crippen molar-refractivity contribution in [2.75, 3.05) is 25.4 Å². The number of benzene rings is 1. The van der Waals surface area contributed by atoms with Crippen LogP contribution in [0.3, 0.4) is 0 Å². The number of nitrogens with zero attached hydrogens (tertiary/aromatic N) is 3. The molecule has 196 valence electrons. The van der Waals surface area contributed by atoms with Crippen LogP contribution in [-0.2, 0) is 20.8 Å². The Labute approximate surface area is 214 Å². The van der Waals surface area contributed by atoms with Crippen molar-refractivity contribution in [3.63, 3.8) is 0 Å². The maximum Gasteiger partial charge on any atom is 0.526 e. The van der Waals surface area contributed by atoms with Crippen molar-refractivity contribution in [1.29, 1.82) is 0 Å². The molecule has 0 spiro atoms. The first-order valence-corrected chi connectivity index (χ1v) is 12.3. The number of aromatic nitrogens is 1. The molecule has 0 bridgehead atoms. The number of imide groups is 1. The molecule has 0 aliphatic carbocycles. The molecule has 1 aromatic heterocycles. The molecule has 15 heteroatoms. The van der Waals surface area contributed by atoms with Crippen LogP contribution in [-0.4, -0.2) is 76.6 Å². The Morgan fingerprint density at radius 2 is 2.08 bits per heavy atom. The van der Waals surface area contributed by atoms with Crippen molar-refractivity contribution in [2.45, 2.75) is 38.0 Å². The lowest BCUT2D eigenvalue weighted by Crippen LogP contribution is -2.59. The molecule has 2 aliphatic rings. The minimum atomic E-state index is -2.83. The zero-order valence-corrected chi connectivity index (χ0v) is 20.5. The summed E-state index contributed by atoms with van der Waals surface area (Å²) in [4.78, 5) is 56.2. The van der Waals surface area contributed by atoms with E-state index in [0.717, 1.165) is 22.5 Å². The third-order valence-electron chi connectivity index (χ3n) is 6.22. The Balaban J connectivity index is 1.49. The molecule has 0 saturated carbocycles. The van der Waals surface area contributed by atoms with E-state index in [2.05, 4.69) is 10.3 Å². The topological polar surface area (TPSA) is 155 Å². The number of fused-ring (bicyclic) bond motifs is 1. The highest BCUT2D eigenvalue weighted by Crippen LogP contribution is 2.37. The van der Waals surface area contributed by atoms with Crippen LogP contribution in [0, 0.1) is 6.92 Å². The van der Waals surface area contributed by atoms with Gasteiger partial charge in [-0.25, -0.2) is 18.6 Å². The number of nitrogens with two attached hydrogens (primary N) is 1. The van der Waals surface area contributed by atoms with Crippen LogP contribution in [0.25, 0.3) is 0 Å². The van der Waals surface area contributed by atoms with E-state index in [0.29, 0.717) is 22.0 Å². The number of hydrogen-bond acceptors (Lipinski definition) is 9. The number of rotatable bonds is 7. The van der Waals surface area contributed by atoms with E-state index in [1.54, 1.807) is 0 Å². The molecule has 1 unspecified atom stereocenters. The van der Waals surface area contributed by atoms with E-state index in [9.17, 15) is 33.0 Å². The summed E-state index contributed by atoms with van der Waals surface area (Å²) in [5.74, 6) is -3.11. The molecule has 0 radical (unpaired) electrons. The minimum Gasteiger partial charge on any atom is -0.536 e. The third-order valence-corrected chi connectivity index (χ3v) is 6.91. The van der Waals surface area contributed by atoms with E-state index in [4.69, 9.17) is 10.4 Å². The van der Waals surface area contributed by atoms with Gasteiger partial charge in [-0.3, -0.25) is 19.3 Å². The normalized spacial score (nSPS) is 18.5. The highest BCUT2D eigenvalue weighted by Gasteiger charge is 2.41. The van der Waals surface area contributed by atoms with Crippen LogP contribution in [0.15, 0.2) is 23.6 Å². The number of carbonyl (C=O) groups is 4. The van der Waals surface area contributed by atoms with Gasteiger partial charge >= 0.3 is 25.0 Å². The van der Waals surface area contributed by atoms with Gasteiger partial charge in [0, 0.05) is 30.7 Å². The van der Waals surface area contributed by atoms with E-state index >= 15 is 0 Å². The number of thiazole rings is 1. The summed E-state index contributed by atoms with van der Waals surface area (Å²) >= 11 is 1.04. The SMILES string of the molecule is Cc1cccc2c1OB(O)[C@@H](CC(=O)C(NC(=O)N1CCN(CC(F)F)C(=O)C1=O)c1csc(N)n1)C2. The average Bonchev–Trinajstić information content (AvgIpc) is 3.27. The Morgan fingerprint density at radius 1 is 1.32 bits per heavy atom. The van der Waals surface area contributed by atoms with Gasteiger partial charge in [-0.1, -0.05) is 18.2 Å². The molecule has 4 rings (SSSR count). The first-order chi connectivity index (χ1) is 17.5. The van der Waals surface area contributed by atoms with Gasteiger partial charge in [0.2, 0.25) is 0 Å². The summed E-state index contributed by atoms with van der Waals surface area (Å²) in [5.41, 5.74) is 7.50. The fourth-order valence-electron chi connectivity index (χ4n) is 4.36. The molecule has 1 saturated heterocycles. The van der Waals surface area contributed by atoms with Gasteiger partial charge in [0.05, 0.1) is 12.2 Å². The van der Waals surface area contributed by atoms with Crippen LogP contribution < -0.4 is 15.7 Å². The molecule has 3 heterocycles. The highest BCUT2D eigenvalue weighted by atomic mass is 32.1. The number of ketones is 1. The lowest BCUT2D eigenvalue weighted by Gasteiger charge is -2.33. The average molecular weight is 535 g/mol. The van der Waals surface area contributed by atoms with Gasteiger partial charge in [-0.05, 0) is 24.5 Å². The number of halogens is 2. The maximum absolute atomic E-state index is 13.4. The van der Waals surface area contributed by atoms with Crippen molar-refractivity contribution >= 4 is 47.2 Å². The Morgan fingerprint density at radius 3 is 2.76 bits per heavy atom. The second-order valence-electron chi connectivity index (χ2n) is 8.80. The molecule has 2 atom stereocenters. The first-order valence-electron chi connectivity index (χ1n) is 11.4. The third kappa shape index (κ3) is 5.72. The molecule has 4 N–H and O–H groups in total. The Bertz CT molecular complexity index is 1230. The molecule has 1 aromatic carbocycles. The molecular weight excluding hydrogens is 511 g/mol. The maximum atomic E-state index is 13.4. The van der Waals surface area contributed by atoms with Gasteiger partial charge in [0.1, 0.15) is 11.8 Å². The molecule has 2 aliphatic heterocycles. The van der Waals surface area contributed by atoms with Gasteiger partial charge in [0.25, 0.3) is 6.43 Å². The number of para-hydroxylation sites is 1. The number of carbonyl (C=O) groups excluding carboxylic acids is 4. The van der Waals surface area contributed by atoms with Crippen LogP contribution >= 0.6 is 11.3 Å². The standard InChI is InChI=1S/C22H24BF2N5O6S/c1-11-3-2-4-12-7-13(23(35)36-18(11)12)8-15(31)17(14-10-37-21(26)27-14)28-22(34)30-6-5-29(9-16(24)25)19(32)20(30)33/h2-4,10,13,16-17,35H,5-9H2,1H3,(H2,26,27)(H,28,34)/t13-,17?/m1/s1. The summed E-state index contributed by atoms with van der Waals surface area (Å²) in [7, 11) is -1.27. The molecule has 37 heavy (non-hydrogen) atoms. The van der Waals surface area contributed by atoms with E-state index < -0.39 is 55.6 Å². The molecule has 2 aromatic rings. The number of alkyl halides is 2. The number of Topliss-reactive ketones (excluding diaryl/α,β-unsaturated/α-hetero) is 1. The first kappa shape index (κ1) is 26.5. The summed E-state index contributed by atoms with van der Waals surface area (Å²) < 4.78 is 31.0. The van der Waals surface area contributed by atoms with Crippen molar-refractivity contribution in [1.82, 2.24) is 20.1 Å². The highest BCUT2D eigenvalue weighted by molar-refractivity contribution is 7.13. The second kappa shape index (κ2) is 10.8. The van der Waals surface area contributed by atoms with Crippen LogP contribution in [0.5, 0.6) is 5.75 Å². The minimum absolute atomic E-state index is 0.124. The second-order valence-corrected chi connectivity index (χ2v) is 9.69. The summed E-state index contributed by atoms with van der Waals surface area (Å²) in [5, 5.41) is 14.6. The molecule has 1 fully saturated rings. The van der Waals surface area contributed by atoms with E-state index in [-0.39, 0.29) is 30.3 Å². The van der Waals surface area contributed by atoms with Gasteiger partial charge in [0.15, 0.2) is 10.9 Å². The molecule has 4 amide bonds. The number of anilines is 1. The predicted octanol–water partition coefficient (Wildman–Crippen LogP) is 1.17. The Kier molecular flexibility index (Phi) is 7.73. The van der Waals surface area contributed by atoms with Gasteiger partial charge in [-0.15, -0.1) is 11.3 Å². The van der Waals surface area contributed by atoms with Crippen molar-refractivity contribution < 1.29 is 37.6 Å². The fraction of sp³-hybridized carbons (Fsp3) is 0.409. The van der Waals surface area contributed by atoms with E-state index in [1.165, 1.54) is 5.38 Å². The predicted molar refractivity (Wildman–Crippen MR) is 129 cm³/mol. The fourth-order valence-corrected chi connectivity index (χ4v) is 4.94. The lowest BCUT2D eigenvalue weighted by atomic mass is 9.64. The number of hydrogen-bond donors (Lipinski definition) is 3. The Hall–Kier alpha value is -3.59. The zero-order valence-electron chi connectivity index (χ0n) is 19.7. The number of nitrogens with one attached hydrogen (secondary N) is 1.